The number of hydrogen-bond acceptors (Lipinski definition) is 19. The predicted octanol–water partition coefficient (Wildman–Crippen LogP) is 5.51. The normalized spacial score (nSPS) is 14.1. The summed E-state index contributed by atoms with van der Waals surface area (Å²) in [7, 11) is 2.95. The number of alkyl carbamates (subject to hydrolysis) is 1. The molecule has 4 aromatic rings. The second kappa shape index (κ2) is 45.5. The van der Waals surface area contributed by atoms with E-state index in [0.717, 1.165) is 5.75 Å². The van der Waals surface area contributed by atoms with Crippen LogP contribution in [0.4, 0.5) is 4.79 Å². The summed E-state index contributed by atoms with van der Waals surface area (Å²) in [4.78, 5) is 168. The fourth-order valence-electron chi connectivity index (χ4n) is 11.0. The van der Waals surface area contributed by atoms with Gasteiger partial charge in [0, 0.05) is 24.5 Å². The van der Waals surface area contributed by atoms with Crippen LogP contribution >= 0.6 is 21.6 Å². The van der Waals surface area contributed by atoms with Crippen LogP contribution in [-0.2, 0) is 83.6 Å². The van der Waals surface area contributed by atoms with Crippen molar-refractivity contribution < 1.29 is 86.7 Å². The van der Waals surface area contributed by atoms with E-state index in [1.165, 1.54) is 21.6 Å². The van der Waals surface area contributed by atoms with Crippen LogP contribution in [0.5, 0.6) is 0 Å². The van der Waals surface area contributed by atoms with Gasteiger partial charge in [0.15, 0.2) is 0 Å². The van der Waals surface area contributed by atoms with E-state index in [4.69, 9.17) is 18.9 Å². The predicted molar refractivity (Wildman–Crippen MR) is 408 cm³/mol. The number of carbonyl (C=O) groups is 12. The van der Waals surface area contributed by atoms with Gasteiger partial charge in [0.2, 0.25) is 53.2 Å². The molecule has 0 heterocycles. The van der Waals surface area contributed by atoms with Gasteiger partial charge in [0.1, 0.15) is 71.7 Å². The lowest BCUT2D eigenvalue weighted by Gasteiger charge is -2.37. The molecule has 0 spiro atoms. The molecule has 9 atom stereocenters. The van der Waals surface area contributed by atoms with Crippen LogP contribution in [0.25, 0.3) is 0 Å². The second-order valence-corrected chi connectivity index (χ2v) is 31.3. The maximum atomic E-state index is 15.2. The summed E-state index contributed by atoms with van der Waals surface area (Å²) in [5.74, 6) is -10.4. The SMILES string of the molecule is CCSSC[C@H](NC(=O)OC(C)(C)C)C(=O)NCCOCCOCC(=O)N[C@H](C(=O)N[C@@H](CC(=O)NC(c1ccccc1)(c1ccccc1)c1ccccc1)C(=O)N[C@@H](CO)C(=O)N[C@@H](CC(=O)OC(C)(C)C)C(=O)N[C@@H](Cc1ccccc1)C(=O)N[C@@H](CC(C)C)C(=O)N[C@@H](CC(C)C)C(=O)O)C(C)CC. The molecule has 30 heteroatoms. The maximum absolute atomic E-state index is 15.2. The zero-order valence-electron chi connectivity index (χ0n) is 63.5. The number of carbonyl (C=O) groups excluding carboxylic acids is 11. The van der Waals surface area contributed by atoms with Gasteiger partial charge in [-0.2, -0.15) is 0 Å². The van der Waals surface area contributed by atoms with Crippen molar-refractivity contribution in [2.45, 2.75) is 194 Å². The number of nitrogens with one attached hydrogen (secondary N) is 10. The molecule has 0 aliphatic heterocycles. The van der Waals surface area contributed by atoms with Crippen molar-refractivity contribution >= 4 is 92.8 Å². The highest BCUT2D eigenvalue weighted by molar-refractivity contribution is 8.76. The highest BCUT2D eigenvalue weighted by atomic mass is 33.1. The molecule has 0 saturated heterocycles. The fraction of sp³-hybridized carbons (Fsp3) is 0.532. The van der Waals surface area contributed by atoms with E-state index in [-0.39, 0.29) is 63.2 Å². The molecule has 1 unspecified atom stereocenters. The van der Waals surface area contributed by atoms with Crippen LogP contribution in [0.15, 0.2) is 121 Å². The van der Waals surface area contributed by atoms with Gasteiger partial charge >= 0.3 is 18.0 Å². The third-order valence-electron chi connectivity index (χ3n) is 16.2. The number of aliphatic hydroxyl groups excluding tert-OH is 1. The molecule has 588 valence electrons. The average Bonchev–Trinajstić information content (AvgIpc) is 0.753. The third-order valence-corrected chi connectivity index (χ3v) is 18.7. The first-order valence-electron chi connectivity index (χ1n) is 36.0. The summed E-state index contributed by atoms with van der Waals surface area (Å²) < 4.78 is 22.1. The van der Waals surface area contributed by atoms with Crippen molar-refractivity contribution in [3.8, 4) is 0 Å². The molecule has 0 radical (unpaired) electrons. The van der Waals surface area contributed by atoms with Gasteiger partial charge in [-0.3, -0.25) is 47.9 Å². The fourth-order valence-corrected chi connectivity index (χ4v) is 12.8. The number of ether oxygens (including phenoxy) is 4. The lowest BCUT2D eigenvalue weighted by Crippen LogP contribution is -2.62. The summed E-state index contributed by atoms with van der Waals surface area (Å²) in [6.07, 6.45) is -2.23. The number of benzene rings is 4. The molecule has 0 saturated carbocycles. The number of esters is 1. The minimum absolute atomic E-state index is 0.0150. The summed E-state index contributed by atoms with van der Waals surface area (Å²) in [5, 5.41) is 47.4. The molecular formula is C77H110N10O18S2. The number of rotatable bonds is 45. The van der Waals surface area contributed by atoms with Gasteiger partial charge in [-0.15, -0.1) is 0 Å². The molecule has 0 aliphatic rings. The molecule has 0 aromatic heterocycles. The van der Waals surface area contributed by atoms with Gasteiger partial charge in [-0.05, 0) is 94.4 Å². The van der Waals surface area contributed by atoms with E-state index in [2.05, 4.69) is 53.2 Å². The largest absolute Gasteiger partial charge is 0.480 e. The van der Waals surface area contributed by atoms with E-state index >= 15 is 9.59 Å². The van der Waals surface area contributed by atoms with Crippen molar-refractivity contribution in [1.29, 1.82) is 0 Å². The molecule has 4 aromatic carbocycles. The van der Waals surface area contributed by atoms with Gasteiger partial charge in [0.05, 0.1) is 39.3 Å². The van der Waals surface area contributed by atoms with Crippen molar-refractivity contribution in [1.82, 2.24) is 53.2 Å². The van der Waals surface area contributed by atoms with E-state index in [1.54, 1.807) is 168 Å². The highest BCUT2D eigenvalue weighted by Crippen LogP contribution is 2.37. The lowest BCUT2D eigenvalue weighted by molar-refractivity contribution is -0.156. The van der Waals surface area contributed by atoms with Crippen LogP contribution in [0.3, 0.4) is 0 Å². The number of aliphatic hydroxyl groups is 1. The maximum Gasteiger partial charge on any atom is 0.408 e. The number of carboxylic acids is 1. The van der Waals surface area contributed by atoms with Crippen LogP contribution in [0, 0.1) is 17.8 Å². The number of carboxylic acid groups (broad SMARTS) is 1. The van der Waals surface area contributed by atoms with E-state index < -0.39 is 168 Å². The van der Waals surface area contributed by atoms with Crippen LogP contribution in [0.2, 0.25) is 0 Å². The first-order valence-corrected chi connectivity index (χ1v) is 38.4. The minimum Gasteiger partial charge on any atom is -0.480 e. The average molecular weight is 1530 g/mol. The monoisotopic (exact) mass is 1530 g/mol. The Morgan fingerprint density at radius 1 is 0.458 bits per heavy atom. The Kier molecular flexibility index (Phi) is 38.4. The minimum atomic E-state index is -2.00. The molecule has 10 amide bonds. The Balaban J connectivity index is 1.67. The van der Waals surface area contributed by atoms with E-state index in [9.17, 15) is 58.2 Å². The Morgan fingerprint density at radius 3 is 1.41 bits per heavy atom. The van der Waals surface area contributed by atoms with Crippen LogP contribution in [-0.4, -0.2) is 192 Å². The smallest absolute Gasteiger partial charge is 0.408 e. The Hall–Kier alpha value is -9.10. The molecule has 28 nitrogen and oxygen atoms in total. The molecule has 0 aliphatic carbocycles. The van der Waals surface area contributed by atoms with Gasteiger partial charge in [-0.25, -0.2) is 9.59 Å². The highest BCUT2D eigenvalue weighted by Gasteiger charge is 2.41. The molecule has 0 bridgehead atoms. The second-order valence-electron chi connectivity index (χ2n) is 28.5. The topological polar surface area (TPSA) is 403 Å². The zero-order chi connectivity index (χ0) is 79.4. The Labute approximate surface area is 635 Å². The van der Waals surface area contributed by atoms with Crippen LogP contribution < -0.4 is 53.2 Å². The summed E-state index contributed by atoms with van der Waals surface area (Å²) >= 11 is 0. The van der Waals surface area contributed by atoms with E-state index in [0.29, 0.717) is 28.7 Å². The first kappa shape index (κ1) is 90.3. The standard InChI is InChI=1S/C77H110N10O18S2/c1-14-50(7)65(86-63(90)46-103-39-38-102-37-36-78-66(92)61(47-107-106-15-2)85-74(101)105-76(11,12)13)72(98)82-57(43-62(89)87-77(52-30-22-17-23-31-52,53-32-24-18-25-33-53)54-34-26-19-27-35-54)69(95)84-60(45-88)71(97)81-58(44-64(91)104-75(8,9)10)70(96)80-56(42-51-28-20-16-21-29-51)68(94)79-55(40-48(3)4)67(93)83-59(73(99)100)41-49(5)6/h16-35,48-50,55-61,65,88H,14-15,36-47H2,1-13H3,(H,78,92)(H,79,94)(H,80,96)(H,81,97)(H,82,98)(H,83,93)(H,84,95)(H,85,101)(H,86,90)(H,87,89)(H,99,100)/t50?,55-,56-,57-,58-,59-,60-,61-,65-/m0/s1. The third kappa shape index (κ3) is 32.5. The summed E-state index contributed by atoms with van der Waals surface area (Å²) in [5.41, 5.74) is -1.01. The molecular weight excluding hydrogens is 1420 g/mol. The van der Waals surface area contributed by atoms with Gasteiger partial charge in [-0.1, -0.05) is 198 Å². The number of hydrogen-bond donors (Lipinski definition) is 12. The van der Waals surface area contributed by atoms with Crippen LogP contribution in [0.1, 0.15) is 144 Å². The van der Waals surface area contributed by atoms with E-state index in [1.807, 2.05) is 43.3 Å². The van der Waals surface area contributed by atoms with Gasteiger partial charge in [0.25, 0.3) is 0 Å². The Morgan fingerprint density at radius 2 is 0.907 bits per heavy atom. The van der Waals surface area contributed by atoms with Crippen molar-refractivity contribution in [3.63, 3.8) is 0 Å². The molecule has 4 rings (SSSR count). The quantitative estimate of drug-likeness (QED) is 0.0112. The molecule has 107 heavy (non-hydrogen) atoms. The molecule has 12 N–H and O–H groups in total. The summed E-state index contributed by atoms with van der Waals surface area (Å²) in [6, 6.07) is 23.2. The lowest BCUT2D eigenvalue weighted by atomic mass is 9.77. The van der Waals surface area contributed by atoms with Gasteiger partial charge < -0.3 is 82.3 Å². The number of aliphatic carboxylic acids is 1. The van der Waals surface area contributed by atoms with Crippen molar-refractivity contribution in [2.75, 3.05) is 51.1 Å². The first-order chi connectivity index (χ1) is 50.6. The zero-order valence-corrected chi connectivity index (χ0v) is 65.2. The molecule has 0 fully saturated rings. The van der Waals surface area contributed by atoms with Crippen molar-refractivity contribution in [2.24, 2.45) is 17.8 Å². The van der Waals surface area contributed by atoms with Crippen molar-refractivity contribution in [3.05, 3.63) is 144 Å². The number of amides is 10. The summed E-state index contributed by atoms with van der Waals surface area (Å²) in [6.45, 7) is 20.6. The Bertz CT molecular complexity index is 3420.